The van der Waals surface area contributed by atoms with Gasteiger partial charge in [-0.05, 0) is 25.4 Å². The van der Waals surface area contributed by atoms with E-state index in [2.05, 4.69) is 5.32 Å². The van der Waals surface area contributed by atoms with Crippen LogP contribution >= 0.6 is 0 Å². The van der Waals surface area contributed by atoms with Gasteiger partial charge < -0.3 is 5.32 Å². The van der Waals surface area contributed by atoms with Crippen LogP contribution in [0, 0.1) is 5.92 Å². The van der Waals surface area contributed by atoms with Crippen LogP contribution in [0.5, 0.6) is 0 Å². The summed E-state index contributed by atoms with van der Waals surface area (Å²) in [6.45, 7) is 3.45. The van der Waals surface area contributed by atoms with Crippen molar-refractivity contribution in [1.82, 2.24) is 10.2 Å². The monoisotopic (exact) mass is 190 g/mol. The van der Waals surface area contributed by atoms with Crippen molar-refractivity contribution in [2.45, 2.75) is 18.8 Å². The number of rotatable bonds is 2. The quantitative estimate of drug-likeness (QED) is 0.697. The van der Waals surface area contributed by atoms with Crippen LogP contribution in [0.4, 0.5) is 8.78 Å². The standard InChI is InChI=1S/C9H16F2N2/c10-9(11)2-4-13(7-9)6-8-1-3-12-5-8/h8,12H,1-7H2. The lowest BCUT2D eigenvalue weighted by Crippen LogP contribution is -2.31. The highest BCUT2D eigenvalue weighted by Gasteiger charge is 2.38. The topological polar surface area (TPSA) is 15.3 Å². The van der Waals surface area contributed by atoms with Gasteiger partial charge in [-0.15, -0.1) is 0 Å². The van der Waals surface area contributed by atoms with Crippen molar-refractivity contribution < 1.29 is 8.78 Å². The van der Waals surface area contributed by atoms with Gasteiger partial charge in [0.1, 0.15) is 0 Å². The number of nitrogens with zero attached hydrogens (tertiary/aromatic N) is 1. The lowest BCUT2D eigenvalue weighted by atomic mass is 10.1. The fraction of sp³-hybridized carbons (Fsp3) is 1.00. The molecule has 2 heterocycles. The summed E-state index contributed by atoms with van der Waals surface area (Å²) in [6, 6.07) is 0. The van der Waals surface area contributed by atoms with Crippen molar-refractivity contribution in [3.05, 3.63) is 0 Å². The maximum absolute atomic E-state index is 12.8. The molecule has 0 saturated carbocycles. The van der Waals surface area contributed by atoms with Crippen LogP contribution in [-0.2, 0) is 0 Å². The van der Waals surface area contributed by atoms with Crippen LogP contribution in [0.25, 0.3) is 0 Å². The first-order valence-electron chi connectivity index (χ1n) is 4.97. The number of nitrogens with one attached hydrogen (secondary N) is 1. The maximum Gasteiger partial charge on any atom is 0.261 e. The van der Waals surface area contributed by atoms with Crippen LogP contribution in [0.2, 0.25) is 0 Å². The van der Waals surface area contributed by atoms with E-state index in [1.165, 1.54) is 0 Å². The molecule has 2 nitrogen and oxygen atoms in total. The van der Waals surface area contributed by atoms with Crippen LogP contribution in [-0.4, -0.2) is 43.5 Å². The number of hydrogen-bond acceptors (Lipinski definition) is 2. The zero-order chi connectivity index (χ0) is 9.31. The SMILES string of the molecule is FC1(F)CCN(CC2CCNC2)C1. The highest BCUT2D eigenvalue weighted by atomic mass is 19.3. The molecule has 0 amide bonds. The molecule has 2 rings (SSSR count). The second kappa shape index (κ2) is 3.50. The molecule has 0 spiro atoms. The van der Waals surface area contributed by atoms with Gasteiger partial charge >= 0.3 is 0 Å². The van der Waals surface area contributed by atoms with Crippen LogP contribution < -0.4 is 5.32 Å². The molecule has 1 N–H and O–H groups in total. The van der Waals surface area contributed by atoms with Gasteiger partial charge in [0.25, 0.3) is 5.92 Å². The molecular formula is C9H16F2N2. The Morgan fingerprint density at radius 1 is 1.46 bits per heavy atom. The molecule has 1 unspecified atom stereocenters. The van der Waals surface area contributed by atoms with Gasteiger partial charge in [-0.3, -0.25) is 4.90 Å². The second-order valence-electron chi connectivity index (χ2n) is 4.20. The van der Waals surface area contributed by atoms with Gasteiger partial charge in [0, 0.05) is 19.5 Å². The van der Waals surface area contributed by atoms with E-state index in [1.54, 1.807) is 0 Å². The molecule has 2 saturated heterocycles. The summed E-state index contributed by atoms with van der Waals surface area (Å²) in [7, 11) is 0. The molecule has 0 radical (unpaired) electrons. The second-order valence-corrected chi connectivity index (χ2v) is 4.20. The van der Waals surface area contributed by atoms with Gasteiger partial charge in [-0.1, -0.05) is 0 Å². The summed E-state index contributed by atoms with van der Waals surface area (Å²) < 4.78 is 25.6. The van der Waals surface area contributed by atoms with Gasteiger partial charge in [0.15, 0.2) is 0 Å². The lowest BCUT2D eigenvalue weighted by Gasteiger charge is -2.19. The van der Waals surface area contributed by atoms with Gasteiger partial charge in [-0.25, -0.2) is 8.78 Å². The Bertz CT molecular complexity index is 178. The zero-order valence-electron chi connectivity index (χ0n) is 7.73. The Morgan fingerprint density at radius 3 is 2.85 bits per heavy atom. The van der Waals surface area contributed by atoms with Crippen molar-refractivity contribution in [1.29, 1.82) is 0 Å². The third-order valence-electron chi connectivity index (χ3n) is 2.93. The van der Waals surface area contributed by atoms with E-state index in [0.29, 0.717) is 12.5 Å². The molecule has 0 bridgehead atoms. The molecule has 2 aliphatic rings. The summed E-state index contributed by atoms with van der Waals surface area (Å²) in [5.74, 6) is -1.83. The van der Waals surface area contributed by atoms with Crippen molar-refractivity contribution in [3.8, 4) is 0 Å². The summed E-state index contributed by atoms with van der Waals surface area (Å²) in [4.78, 5) is 1.90. The Kier molecular flexibility index (Phi) is 2.51. The number of halogens is 2. The fourth-order valence-corrected chi connectivity index (χ4v) is 2.20. The van der Waals surface area contributed by atoms with Crippen molar-refractivity contribution in [2.75, 3.05) is 32.7 Å². The molecule has 1 atom stereocenters. The Morgan fingerprint density at radius 2 is 2.31 bits per heavy atom. The van der Waals surface area contributed by atoms with Crippen LogP contribution in [0.1, 0.15) is 12.8 Å². The van der Waals surface area contributed by atoms with E-state index in [1.807, 2.05) is 4.90 Å². The smallest absolute Gasteiger partial charge is 0.261 e. The molecule has 2 aliphatic heterocycles. The minimum absolute atomic E-state index is 0.0243. The van der Waals surface area contributed by atoms with E-state index in [4.69, 9.17) is 0 Å². The highest BCUT2D eigenvalue weighted by molar-refractivity contribution is 4.84. The first-order valence-corrected chi connectivity index (χ1v) is 4.97. The number of alkyl halides is 2. The minimum Gasteiger partial charge on any atom is -0.316 e. The molecule has 2 fully saturated rings. The van der Waals surface area contributed by atoms with Gasteiger partial charge in [-0.2, -0.15) is 0 Å². The van der Waals surface area contributed by atoms with E-state index in [0.717, 1.165) is 26.1 Å². The first kappa shape index (κ1) is 9.34. The Balaban J connectivity index is 1.77. The molecule has 0 aromatic heterocycles. The van der Waals surface area contributed by atoms with Crippen molar-refractivity contribution in [3.63, 3.8) is 0 Å². The number of hydrogen-bond donors (Lipinski definition) is 1. The molecule has 13 heavy (non-hydrogen) atoms. The predicted molar refractivity (Wildman–Crippen MR) is 47.0 cm³/mol. The third-order valence-corrected chi connectivity index (χ3v) is 2.93. The van der Waals surface area contributed by atoms with E-state index in [-0.39, 0.29) is 13.0 Å². The largest absolute Gasteiger partial charge is 0.316 e. The average Bonchev–Trinajstić information content (AvgIpc) is 2.61. The summed E-state index contributed by atoms with van der Waals surface area (Å²) in [5.41, 5.74) is 0. The molecule has 0 aromatic carbocycles. The zero-order valence-corrected chi connectivity index (χ0v) is 7.73. The lowest BCUT2D eigenvalue weighted by molar-refractivity contribution is 0.0111. The van der Waals surface area contributed by atoms with Crippen molar-refractivity contribution in [2.24, 2.45) is 5.92 Å². The van der Waals surface area contributed by atoms with Crippen LogP contribution in [0.3, 0.4) is 0 Å². The third kappa shape index (κ3) is 2.38. The summed E-state index contributed by atoms with van der Waals surface area (Å²) in [5, 5.41) is 3.25. The molecule has 0 aromatic rings. The normalized spacial score (nSPS) is 34.2. The van der Waals surface area contributed by atoms with Gasteiger partial charge in [0.2, 0.25) is 0 Å². The molecular weight excluding hydrogens is 174 g/mol. The maximum atomic E-state index is 12.8. The summed E-state index contributed by atoms with van der Waals surface area (Å²) >= 11 is 0. The fourth-order valence-electron chi connectivity index (χ4n) is 2.20. The predicted octanol–water partition coefficient (Wildman–Crippen LogP) is 0.937. The summed E-state index contributed by atoms with van der Waals surface area (Å²) in [6.07, 6.45) is 1.19. The van der Waals surface area contributed by atoms with Crippen LogP contribution in [0.15, 0.2) is 0 Å². The van der Waals surface area contributed by atoms with E-state index in [9.17, 15) is 8.78 Å². The van der Waals surface area contributed by atoms with Gasteiger partial charge in [0.05, 0.1) is 6.54 Å². The highest BCUT2D eigenvalue weighted by Crippen LogP contribution is 2.27. The molecule has 76 valence electrons. The minimum atomic E-state index is -2.42. The van der Waals surface area contributed by atoms with Crippen molar-refractivity contribution >= 4 is 0 Å². The number of likely N-dealkylation sites (tertiary alicyclic amines) is 1. The average molecular weight is 190 g/mol. The molecule has 4 heteroatoms. The Hall–Kier alpha value is -0.220. The van der Waals surface area contributed by atoms with E-state index >= 15 is 0 Å². The first-order chi connectivity index (χ1) is 6.16. The Labute approximate surface area is 77.3 Å². The molecule has 0 aliphatic carbocycles. The van der Waals surface area contributed by atoms with E-state index < -0.39 is 5.92 Å².